The monoisotopic (exact) mass is 486 g/mol. The van der Waals surface area contributed by atoms with E-state index in [-0.39, 0.29) is 21.4 Å². The molecule has 0 radical (unpaired) electrons. The molecular formula is C20H23ClN2O8S. The van der Waals surface area contributed by atoms with E-state index in [1.54, 1.807) is 0 Å². The number of sulfonamides is 1. The SMILES string of the molecule is COc1ccc(S(=O)(=O)N[C@@H](C)C(=O)OCC(=O)Nc2cc(OC)c(Cl)cc2OC)cc1. The van der Waals surface area contributed by atoms with Crippen molar-refractivity contribution in [3.63, 3.8) is 0 Å². The Morgan fingerprint density at radius 1 is 1.00 bits per heavy atom. The molecule has 0 spiro atoms. The van der Waals surface area contributed by atoms with Crippen LogP contribution < -0.4 is 24.2 Å². The Hall–Kier alpha value is -3.02. The summed E-state index contributed by atoms with van der Waals surface area (Å²) in [4.78, 5) is 24.3. The third-order valence-corrected chi connectivity index (χ3v) is 6.00. The first-order chi connectivity index (χ1) is 15.1. The summed E-state index contributed by atoms with van der Waals surface area (Å²) < 4.78 is 47.2. The van der Waals surface area contributed by atoms with Crippen LogP contribution in [0.5, 0.6) is 17.2 Å². The molecule has 0 aliphatic carbocycles. The second kappa shape index (κ2) is 11.0. The van der Waals surface area contributed by atoms with Gasteiger partial charge in [-0.15, -0.1) is 0 Å². The number of hydrogen-bond donors (Lipinski definition) is 2. The molecule has 174 valence electrons. The first kappa shape index (κ1) is 25.2. The lowest BCUT2D eigenvalue weighted by molar-refractivity contribution is -0.148. The first-order valence-corrected chi connectivity index (χ1v) is 11.0. The molecule has 0 fully saturated rings. The molecule has 2 aromatic carbocycles. The van der Waals surface area contributed by atoms with Crippen molar-refractivity contribution in [1.82, 2.24) is 4.72 Å². The number of nitrogens with one attached hydrogen (secondary N) is 2. The molecule has 10 nitrogen and oxygen atoms in total. The van der Waals surface area contributed by atoms with E-state index < -0.39 is 34.5 Å². The average molecular weight is 487 g/mol. The number of benzene rings is 2. The third kappa shape index (κ3) is 6.49. The van der Waals surface area contributed by atoms with E-state index in [0.717, 1.165) is 0 Å². The molecule has 12 heteroatoms. The van der Waals surface area contributed by atoms with Gasteiger partial charge in [-0.1, -0.05) is 11.6 Å². The van der Waals surface area contributed by atoms with Gasteiger partial charge in [-0.25, -0.2) is 8.42 Å². The Morgan fingerprint density at radius 3 is 2.19 bits per heavy atom. The highest BCUT2D eigenvalue weighted by Crippen LogP contribution is 2.35. The molecule has 0 aliphatic rings. The van der Waals surface area contributed by atoms with Crippen LogP contribution in [0, 0.1) is 0 Å². The number of hydrogen-bond acceptors (Lipinski definition) is 8. The maximum atomic E-state index is 12.4. The molecule has 0 aromatic heterocycles. The summed E-state index contributed by atoms with van der Waals surface area (Å²) in [5.41, 5.74) is 0.253. The van der Waals surface area contributed by atoms with Crippen molar-refractivity contribution in [2.45, 2.75) is 17.9 Å². The van der Waals surface area contributed by atoms with E-state index in [4.69, 9.17) is 30.5 Å². The number of halogens is 1. The smallest absolute Gasteiger partial charge is 0.324 e. The second-order valence-corrected chi connectivity index (χ2v) is 8.48. The molecular weight excluding hydrogens is 464 g/mol. The maximum absolute atomic E-state index is 12.4. The number of anilines is 1. The molecule has 0 saturated carbocycles. The molecule has 0 saturated heterocycles. The zero-order chi connectivity index (χ0) is 23.9. The zero-order valence-corrected chi connectivity index (χ0v) is 19.4. The van der Waals surface area contributed by atoms with Crippen LogP contribution in [-0.2, 0) is 24.3 Å². The Morgan fingerprint density at radius 2 is 1.62 bits per heavy atom. The maximum Gasteiger partial charge on any atom is 0.324 e. The summed E-state index contributed by atoms with van der Waals surface area (Å²) in [5.74, 6) is -0.543. The van der Waals surface area contributed by atoms with E-state index in [2.05, 4.69) is 10.0 Å². The fourth-order valence-electron chi connectivity index (χ4n) is 2.51. The van der Waals surface area contributed by atoms with E-state index >= 15 is 0 Å². The topological polar surface area (TPSA) is 129 Å². The van der Waals surface area contributed by atoms with Crippen LogP contribution in [0.3, 0.4) is 0 Å². The highest BCUT2D eigenvalue weighted by molar-refractivity contribution is 7.89. The van der Waals surface area contributed by atoms with Gasteiger partial charge in [0.05, 0.1) is 36.9 Å². The van der Waals surface area contributed by atoms with Crippen molar-refractivity contribution >= 4 is 39.2 Å². The van der Waals surface area contributed by atoms with Crippen LogP contribution in [-0.4, -0.2) is 54.3 Å². The predicted molar refractivity (Wildman–Crippen MR) is 117 cm³/mol. The van der Waals surface area contributed by atoms with Gasteiger partial charge in [-0.05, 0) is 31.2 Å². The minimum Gasteiger partial charge on any atom is -0.497 e. The summed E-state index contributed by atoms with van der Waals surface area (Å²) in [6, 6.07) is 7.29. The van der Waals surface area contributed by atoms with E-state index in [1.165, 1.54) is 64.7 Å². The van der Waals surface area contributed by atoms with Crippen LogP contribution in [0.2, 0.25) is 5.02 Å². The molecule has 0 heterocycles. The highest BCUT2D eigenvalue weighted by Gasteiger charge is 2.24. The van der Waals surface area contributed by atoms with Crippen molar-refractivity contribution in [1.29, 1.82) is 0 Å². The average Bonchev–Trinajstić information content (AvgIpc) is 2.77. The molecule has 1 atom stereocenters. The van der Waals surface area contributed by atoms with Crippen molar-refractivity contribution in [2.75, 3.05) is 33.3 Å². The molecule has 0 unspecified atom stereocenters. The predicted octanol–water partition coefficient (Wildman–Crippen LogP) is 2.21. The largest absolute Gasteiger partial charge is 0.497 e. The lowest BCUT2D eigenvalue weighted by atomic mass is 10.2. The Balaban J connectivity index is 1.96. The molecule has 2 N–H and O–H groups in total. The second-order valence-electron chi connectivity index (χ2n) is 6.36. The van der Waals surface area contributed by atoms with Crippen molar-refractivity contribution in [3.05, 3.63) is 41.4 Å². The highest BCUT2D eigenvalue weighted by atomic mass is 35.5. The Labute approximate surface area is 190 Å². The summed E-state index contributed by atoms with van der Waals surface area (Å²) in [7, 11) is 0.272. The van der Waals surface area contributed by atoms with Crippen molar-refractivity contribution in [3.8, 4) is 17.2 Å². The number of rotatable bonds is 10. The molecule has 2 rings (SSSR count). The van der Waals surface area contributed by atoms with Gasteiger partial charge in [-0.2, -0.15) is 4.72 Å². The number of carbonyl (C=O) groups is 2. The number of carbonyl (C=O) groups excluding carboxylic acids is 2. The van der Waals surface area contributed by atoms with Gasteiger partial charge in [0.2, 0.25) is 10.0 Å². The molecule has 32 heavy (non-hydrogen) atoms. The van der Waals surface area contributed by atoms with Crippen LogP contribution in [0.25, 0.3) is 0 Å². The Bertz CT molecular complexity index is 1070. The quantitative estimate of drug-likeness (QED) is 0.489. The molecule has 0 bridgehead atoms. The van der Waals surface area contributed by atoms with E-state index in [0.29, 0.717) is 11.5 Å². The normalized spacial score (nSPS) is 11.9. The minimum atomic E-state index is -3.99. The van der Waals surface area contributed by atoms with Gasteiger partial charge in [0, 0.05) is 12.1 Å². The van der Waals surface area contributed by atoms with Crippen LogP contribution in [0.4, 0.5) is 5.69 Å². The third-order valence-electron chi connectivity index (χ3n) is 4.15. The van der Waals surface area contributed by atoms with Crippen LogP contribution in [0.1, 0.15) is 6.92 Å². The van der Waals surface area contributed by atoms with E-state index in [9.17, 15) is 18.0 Å². The molecule has 0 aliphatic heterocycles. The summed E-state index contributed by atoms with van der Waals surface area (Å²) >= 11 is 6.02. The first-order valence-electron chi connectivity index (χ1n) is 9.15. The van der Waals surface area contributed by atoms with Gasteiger partial charge in [0.25, 0.3) is 5.91 Å². The molecule has 1 amide bonds. The summed E-state index contributed by atoms with van der Waals surface area (Å²) in [5, 5.41) is 2.80. The fourth-order valence-corrected chi connectivity index (χ4v) is 3.93. The summed E-state index contributed by atoms with van der Waals surface area (Å²) in [6.45, 7) is 0.649. The van der Waals surface area contributed by atoms with Gasteiger partial charge >= 0.3 is 5.97 Å². The fraction of sp³-hybridized carbons (Fsp3) is 0.300. The van der Waals surface area contributed by atoms with Crippen LogP contribution >= 0.6 is 11.6 Å². The van der Waals surface area contributed by atoms with Crippen LogP contribution in [0.15, 0.2) is 41.3 Å². The van der Waals surface area contributed by atoms with Crippen molar-refractivity contribution < 1.29 is 37.0 Å². The molecule has 2 aromatic rings. The van der Waals surface area contributed by atoms with Crippen molar-refractivity contribution in [2.24, 2.45) is 0 Å². The Kier molecular flexibility index (Phi) is 8.70. The van der Waals surface area contributed by atoms with Gasteiger partial charge in [-0.3, -0.25) is 9.59 Å². The number of amides is 1. The van der Waals surface area contributed by atoms with E-state index in [1.807, 2.05) is 0 Å². The van der Waals surface area contributed by atoms with Gasteiger partial charge < -0.3 is 24.3 Å². The summed E-state index contributed by atoms with van der Waals surface area (Å²) in [6.07, 6.45) is 0. The number of methoxy groups -OCH3 is 3. The standard InChI is InChI=1S/C20H23ClN2O8S/c1-12(23-32(26,27)14-7-5-13(28-2)6-8-14)20(25)31-11-19(24)22-16-10-17(29-3)15(21)9-18(16)30-4/h5-10,12,23H,11H2,1-4H3,(H,22,24)/t12-/m0/s1. The number of esters is 1. The lowest BCUT2D eigenvalue weighted by Crippen LogP contribution is -2.40. The lowest BCUT2D eigenvalue weighted by Gasteiger charge is -2.15. The van der Waals surface area contributed by atoms with Gasteiger partial charge in [0.1, 0.15) is 23.3 Å². The van der Waals surface area contributed by atoms with Gasteiger partial charge in [0.15, 0.2) is 6.61 Å². The number of ether oxygens (including phenoxy) is 4. The zero-order valence-electron chi connectivity index (χ0n) is 17.8. The minimum absolute atomic E-state index is 0.0560.